The number of halogens is 2. The van der Waals surface area contributed by atoms with E-state index in [-0.39, 0.29) is 5.92 Å². The highest BCUT2D eigenvalue weighted by Crippen LogP contribution is 2.33. The summed E-state index contributed by atoms with van der Waals surface area (Å²) in [6, 6.07) is 10.6. The summed E-state index contributed by atoms with van der Waals surface area (Å²) in [5.74, 6) is -1.47. The number of likely N-dealkylation sites (N-methyl/N-ethyl adjacent to an activating group) is 1. The highest BCUT2D eigenvalue weighted by molar-refractivity contribution is 5.42. The number of fused-ring (bicyclic) bond motifs is 1. The molecule has 1 aliphatic rings. The van der Waals surface area contributed by atoms with Crippen LogP contribution in [0, 0.1) is 18.6 Å². The van der Waals surface area contributed by atoms with Crippen molar-refractivity contribution in [3.05, 3.63) is 70.3 Å². The Morgan fingerprint density at radius 3 is 2.60 bits per heavy atom. The van der Waals surface area contributed by atoms with Crippen molar-refractivity contribution >= 4 is 0 Å². The molecule has 3 heteroatoms. The molecule has 0 radical (unpaired) electrons. The highest BCUT2D eigenvalue weighted by atomic mass is 19.2. The van der Waals surface area contributed by atoms with Gasteiger partial charge in [-0.05, 0) is 42.8 Å². The molecule has 1 atom stereocenters. The minimum atomic E-state index is -0.790. The maximum atomic E-state index is 13.5. The van der Waals surface area contributed by atoms with Crippen LogP contribution in [-0.2, 0) is 6.54 Å². The van der Waals surface area contributed by atoms with Gasteiger partial charge < -0.3 is 4.90 Å². The van der Waals surface area contributed by atoms with Gasteiger partial charge in [-0.3, -0.25) is 0 Å². The fraction of sp³-hybridized carbons (Fsp3) is 0.294. The molecule has 2 aromatic rings. The number of hydrogen-bond acceptors (Lipinski definition) is 1. The molecule has 0 aromatic heterocycles. The standard InChI is InChI=1S/C17H17F2N/c1-11-3-5-14-13(7-11)9-20(2)10-15(14)12-4-6-16(18)17(19)8-12/h3-8,15H,9-10H2,1-2H3/t15-/m1/s1. The molecule has 0 unspecified atom stereocenters. The van der Waals surface area contributed by atoms with E-state index >= 15 is 0 Å². The van der Waals surface area contributed by atoms with E-state index in [9.17, 15) is 8.78 Å². The topological polar surface area (TPSA) is 3.24 Å². The minimum Gasteiger partial charge on any atom is -0.301 e. The fourth-order valence-corrected chi connectivity index (χ4v) is 2.99. The summed E-state index contributed by atoms with van der Waals surface area (Å²) in [5.41, 5.74) is 4.55. The summed E-state index contributed by atoms with van der Waals surface area (Å²) in [6.45, 7) is 3.79. The first-order chi connectivity index (χ1) is 9.54. The van der Waals surface area contributed by atoms with Crippen LogP contribution in [0.3, 0.4) is 0 Å². The van der Waals surface area contributed by atoms with Crippen LogP contribution in [-0.4, -0.2) is 18.5 Å². The number of benzene rings is 2. The van der Waals surface area contributed by atoms with E-state index < -0.39 is 11.6 Å². The molecule has 0 N–H and O–H groups in total. The van der Waals surface area contributed by atoms with E-state index in [0.717, 1.165) is 18.7 Å². The fourth-order valence-electron chi connectivity index (χ4n) is 2.99. The largest absolute Gasteiger partial charge is 0.301 e. The first kappa shape index (κ1) is 13.3. The van der Waals surface area contributed by atoms with Gasteiger partial charge in [-0.2, -0.15) is 0 Å². The van der Waals surface area contributed by atoms with E-state index in [1.54, 1.807) is 6.07 Å². The zero-order valence-electron chi connectivity index (χ0n) is 11.7. The predicted octanol–water partition coefficient (Wildman–Crippen LogP) is 3.85. The molecule has 0 bridgehead atoms. The smallest absolute Gasteiger partial charge is 0.159 e. The minimum absolute atomic E-state index is 0.0967. The van der Waals surface area contributed by atoms with Gasteiger partial charge in [0.05, 0.1) is 0 Å². The van der Waals surface area contributed by atoms with Gasteiger partial charge in [-0.1, -0.05) is 29.8 Å². The van der Waals surface area contributed by atoms with Crippen molar-refractivity contribution < 1.29 is 8.78 Å². The van der Waals surface area contributed by atoms with Crippen molar-refractivity contribution in [1.29, 1.82) is 0 Å². The van der Waals surface area contributed by atoms with Crippen molar-refractivity contribution in [2.24, 2.45) is 0 Å². The summed E-state index contributed by atoms with van der Waals surface area (Å²) in [4.78, 5) is 2.22. The van der Waals surface area contributed by atoms with Crippen molar-refractivity contribution in [3.8, 4) is 0 Å². The van der Waals surface area contributed by atoms with E-state index in [2.05, 4.69) is 37.1 Å². The van der Waals surface area contributed by atoms with Crippen LogP contribution in [0.15, 0.2) is 36.4 Å². The molecule has 3 rings (SSSR count). The van der Waals surface area contributed by atoms with Crippen molar-refractivity contribution in [3.63, 3.8) is 0 Å². The second kappa shape index (κ2) is 4.98. The molecule has 0 amide bonds. The van der Waals surface area contributed by atoms with Crippen LogP contribution in [0.4, 0.5) is 8.78 Å². The summed E-state index contributed by atoms with van der Waals surface area (Å²) in [5, 5.41) is 0. The Kier molecular flexibility index (Phi) is 3.30. The predicted molar refractivity (Wildman–Crippen MR) is 75.7 cm³/mol. The SMILES string of the molecule is Cc1ccc2c(c1)CN(C)C[C@@H]2c1ccc(F)c(F)c1. The summed E-state index contributed by atoms with van der Waals surface area (Å²) >= 11 is 0. The third-order valence-electron chi connectivity index (χ3n) is 3.95. The van der Waals surface area contributed by atoms with E-state index in [4.69, 9.17) is 0 Å². The van der Waals surface area contributed by atoms with Gasteiger partial charge in [-0.15, -0.1) is 0 Å². The lowest BCUT2D eigenvalue weighted by atomic mass is 9.84. The van der Waals surface area contributed by atoms with Crippen molar-refractivity contribution in [1.82, 2.24) is 4.90 Å². The van der Waals surface area contributed by atoms with Crippen LogP contribution in [0.2, 0.25) is 0 Å². The number of nitrogens with zero attached hydrogens (tertiary/aromatic N) is 1. The Morgan fingerprint density at radius 1 is 1.05 bits per heavy atom. The molecule has 104 valence electrons. The van der Waals surface area contributed by atoms with Crippen molar-refractivity contribution in [2.75, 3.05) is 13.6 Å². The second-order valence-corrected chi connectivity index (χ2v) is 5.63. The Bertz CT molecular complexity index is 651. The first-order valence-corrected chi connectivity index (χ1v) is 6.77. The lowest BCUT2D eigenvalue weighted by molar-refractivity contribution is 0.294. The van der Waals surface area contributed by atoms with Gasteiger partial charge >= 0.3 is 0 Å². The molecule has 0 spiro atoms. The number of hydrogen-bond donors (Lipinski definition) is 0. The molecule has 1 heterocycles. The average molecular weight is 273 g/mol. The lowest BCUT2D eigenvalue weighted by Gasteiger charge is -2.33. The maximum absolute atomic E-state index is 13.5. The molecular formula is C17H17F2N. The summed E-state index contributed by atoms with van der Waals surface area (Å²) in [7, 11) is 2.05. The Morgan fingerprint density at radius 2 is 1.85 bits per heavy atom. The summed E-state index contributed by atoms with van der Waals surface area (Å²) in [6.07, 6.45) is 0. The lowest BCUT2D eigenvalue weighted by Crippen LogP contribution is -2.31. The van der Waals surface area contributed by atoms with Gasteiger partial charge in [0, 0.05) is 19.0 Å². The molecule has 0 fully saturated rings. The Hall–Kier alpha value is -1.74. The van der Waals surface area contributed by atoms with Gasteiger partial charge in [0.1, 0.15) is 0 Å². The molecule has 1 aliphatic heterocycles. The highest BCUT2D eigenvalue weighted by Gasteiger charge is 2.25. The number of aryl methyl sites for hydroxylation is 1. The molecule has 20 heavy (non-hydrogen) atoms. The monoisotopic (exact) mass is 273 g/mol. The zero-order chi connectivity index (χ0) is 14.3. The molecule has 2 aromatic carbocycles. The van der Waals surface area contributed by atoms with Crippen molar-refractivity contribution in [2.45, 2.75) is 19.4 Å². The molecule has 0 aliphatic carbocycles. The number of rotatable bonds is 1. The molecule has 0 saturated carbocycles. The average Bonchev–Trinajstić information content (AvgIpc) is 2.40. The summed E-state index contributed by atoms with van der Waals surface area (Å²) < 4.78 is 26.6. The van der Waals surface area contributed by atoms with Crippen LogP contribution in [0.1, 0.15) is 28.2 Å². The normalized spacial score (nSPS) is 18.9. The maximum Gasteiger partial charge on any atom is 0.159 e. The Balaban J connectivity index is 2.08. The third-order valence-corrected chi connectivity index (χ3v) is 3.95. The first-order valence-electron chi connectivity index (χ1n) is 6.77. The molecule has 0 saturated heterocycles. The molecule has 1 nitrogen and oxygen atoms in total. The zero-order valence-corrected chi connectivity index (χ0v) is 11.7. The van der Waals surface area contributed by atoms with E-state index in [1.165, 1.54) is 28.8 Å². The van der Waals surface area contributed by atoms with Crippen LogP contribution < -0.4 is 0 Å². The van der Waals surface area contributed by atoms with Crippen LogP contribution in [0.5, 0.6) is 0 Å². The third kappa shape index (κ3) is 2.34. The van der Waals surface area contributed by atoms with Gasteiger partial charge in [0.15, 0.2) is 11.6 Å². The quantitative estimate of drug-likeness (QED) is 0.763. The van der Waals surface area contributed by atoms with Gasteiger partial charge in [0.2, 0.25) is 0 Å². The van der Waals surface area contributed by atoms with Gasteiger partial charge in [-0.25, -0.2) is 8.78 Å². The van der Waals surface area contributed by atoms with E-state index in [1.807, 2.05) is 0 Å². The van der Waals surface area contributed by atoms with Gasteiger partial charge in [0.25, 0.3) is 0 Å². The molecular weight excluding hydrogens is 256 g/mol. The van der Waals surface area contributed by atoms with Crippen LogP contribution in [0.25, 0.3) is 0 Å². The van der Waals surface area contributed by atoms with E-state index in [0.29, 0.717) is 0 Å². The van der Waals surface area contributed by atoms with Crippen LogP contribution >= 0.6 is 0 Å². The Labute approximate surface area is 117 Å². The second-order valence-electron chi connectivity index (χ2n) is 5.63.